The number of nitrogens with zero attached hydrogens (tertiary/aromatic N) is 1. The summed E-state index contributed by atoms with van der Waals surface area (Å²) in [7, 11) is 1.99. The second kappa shape index (κ2) is 4.84. The molecule has 3 heteroatoms. The van der Waals surface area contributed by atoms with E-state index >= 15 is 0 Å². The first-order valence-electron chi connectivity index (χ1n) is 4.39. The molecule has 1 aromatic rings. The molecule has 0 bridgehead atoms. The van der Waals surface area contributed by atoms with E-state index < -0.39 is 0 Å². The standard InChI is InChI=1S/C10H16N2O/c1-12(7-6-11)8-9-4-2-3-5-10(9)13/h2-5,13H,6-8,11H2,1H3. The van der Waals surface area contributed by atoms with E-state index in [2.05, 4.69) is 4.90 Å². The molecule has 1 rings (SSSR count). The van der Waals surface area contributed by atoms with Crippen LogP contribution in [0.3, 0.4) is 0 Å². The Hall–Kier alpha value is -1.06. The van der Waals surface area contributed by atoms with Crippen molar-refractivity contribution in [3.63, 3.8) is 0 Å². The third kappa shape index (κ3) is 3.05. The van der Waals surface area contributed by atoms with Crippen LogP contribution >= 0.6 is 0 Å². The van der Waals surface area contributed by atoms with Gasteiger partial charge in [-0.05, 0) is 13.1 Å². The van der Waals surface area contributed by atoms with E-state index in [1.165, 1.54) is 0 Å². The van der Waals surface area contributed by atoms with Crippen molar-refractivity contribution >= 4 is 0 Å². The Morgan fingerprint density at radius 3 is 2.69 bits per heavy atom. The molecular weight excluding hydrogens is 164 g/mol. The highest BCUT2D eigenvalue weighted by Crippen LogP contribution is 2.16. The van der Waals surface area contributed by atoms with Gasteiger partial charge in [0.15, 0.2) is 0 Å². The van der Waals surface area contributed by atoms with Crippen molar-refractivity contribution in [2.45, 2.75) is 6.54 Å². The number of hydrogen-bond acceptors (Lipinski definition) is 3. The first-order chi connectivity index (χ1) is 6.24. The molecule has 0 aliphatic carbocycles. The fourth-order valence-corrected chi connectivity index (χ4v) is 1.23. The fraction of sp³-hybridized carbons (Fsp3) is 0.400. The predicted molar refractivity (Wildman–Crippen MR) is 53.5 cm³/mol. The van der Waals surface area contributed by atoms with Gasteiger partial charge in [0.25, 0.3) is 0 Å². The lowest BCUT2D eigenvalue weighted by Gasteiger charge is -2.15. The minimum Gasteiger partial charge on any atom is -0.508 e. The molecule has 0 aliphatic heterocycles. The number of benzene rings is 1. The van der Waals surface area contributed by atoms with Crippen molar-refractivity contribution in [2.24, 2.45) is 5.73 Å². The summed E-state index contributed by atoms with van der Waals surface area (Å²) in [5.74, 6) is 0.353. The molecule has 0 aliphatic rings. The lowest BCUT2D eigenvalue weighted by molar-refractivity contribution is 0.329. The predicted octanol–water partition coefficient (Wildman–Crippen LogP) is 0.783. The third-order valence-electron chi connectivity index (χ3n) is 1.94. The molecule has 0 radical (unpaired) electrons. The lowest BCUT2D eigenvalue weighted by Crippen LogP contribution is -2.24. The molecule has 0 amide bonds. The van der Waals surface area contributed by atoms with E-state index in [4.69, 9.17) is 5.73 Å². The van der Waals surface area contributed by atoms with Crippen LogP contribution in [0.15, 0.2) is 24.3 Å². The maximum Gasteiger partial charge on any atom is 0.120 e. The number of phenols is 1. The summed E-state index contributed by atoms with van der Waals surface area (Å²) in [4.78, 5) is 2.08. The second-order valence-corrected chi connectivity index (χ2v) is 3.16. The van der Waals surface area contributed by atoms with Crippen molar-refractivity contribution < 1.29 is 5.11 Å². The minimum absolute atomic E-state index is 0.353. The average Bonchev–Trinajstić information content (AvgIpc) is 2.09. The van der Waals surface area contributed by atoms with Gasteiger partial charge < -0.3 is 15.7 Å². The number of likely N-dealkylation sites (N-methyl/N-ethyl adjacent to an activating group) is 1. The SMILES string of the molecule is CN(CCN)Cc1ccccc1O. The highest BCUT2D eigenvalue weighted by Gasteiger charge is 2.02. The molecular formula is C10H16N2O. The van der Waals surface area contributed by atoms with Crippen molar-refractivity contribution in [2.75, 3.05) is 20.1 Å². The normalized spacial score (nSPS) is 10.7. The number of nitrogens with two attached hydrogens (primary N) is 1. The van der Waals surface area contributed by atoms with Gasteiger partial charge in [-0.25, -0.2) is 0 Å². The molecule has 3 nitrogen and oxygen atoms in total. The second-order valence-electron chi connectivity index (χ2n) is 3.16. The summed E-state index contributed by atoms with van der Waals surface area (Å²) < 4.78 is 0. The van der Waals surface area contributed by atoms with Crippen molar-refractivity contribution in [1.29, 1.82) is 0 Å². The summed E-state index contributed by atoms with van der Waals surface area (Å²) in [5, 5.41) is 9.47. The summed E-state index contributed by atoms with van der Waals surface area (Å²) in [5.41, 5.74) is 6.36. The Labute approximate surface area is 78.8 Å². The van der Waals surface area contributed by atoms with Crippen LogP contribution in [0.25, 0.3) is 0 Å². The van der Waals surface area contributed by atoms with Crippen LogP contribution in [0.1, 0.15) is 5.56 Å². The van der Waals surface area contributed by atoms with Crippen LogP contribution in [0.5, 0.6) is 5.75 Å². The zero-order valence-electron chi connectivity index (χ0n) is 7.90. The van der Waals surface area contributed by atoms with E-state index in [9.17, 15) is 5.11 Å². The van der Waals surface area contributed by atoms with E-state index in [0.29, 0.717) is 12.3 Å². The van der Waals surface area contributed by atoms with Crippen LogP contribution in [0, 0.1) is 0 Å². The average molecular weight is 180 g/mol. The van der Waals surface area contributed by atoms with Crippen LogP contribution in [0.2, 0.25) is 0 Å². The monoisotopic (exact) mass is 180 g/mol. The van der Waals surface area contributed by atoms with Crippen LogP contribution in [0.4, 0.5) is 0 Å². The van der Waals surface area contributed by atoms with Gasteiger partial charge in [-0.3, -0.25) is 0 Å². The van der Waals surface area contributed by atoms with Crippen LogP contribution < -0.4 is 5.73 Å². The summed E-state index contributed by atoms with van der Waals surface area (Å²) in [6.45, 7) is 2.22. The fourth-order valence-electron chi connectivity index (χ4n) is 1.23. The van der Waals surface area contributed by atoms with Crippen molar-refractivity contribution in [3.05, 3.63) is 29.8 Å². The minimum atomic E-state index is 0.353. The summed E-state index contributed by atoms with van der Waals surface area (Å²) in [6, 6.07) is 7.36. The highest BCUT2D eigenvalue weighted by molar-refractivity contribution is 5.31. The largest absolute Gasteiger partial charge is 0.508 e. The molecule has 0 spiro atoms. The molecule has 0 unspecified atom stereocenters. The summed E-state index contributed by atoms with van der Waals surface area (Å²) >= 11 is 0. The zero-order valence-corrected chi connectivity index (χ0v) is 7.90. The van der Waals surface area contributed by atoms with Crippen molar-refractivity contribution in [1.82, 2.24) is 4.90 Å². The van der Waals surface area contributed by atoms with Gasteiger partial charge in [0.05, 0.1) is 0 Å². The highest BCUT2D eigenvalue weighted by atomic mass is 16.3. The smallest absolute Gasteiger partial charge is 0.120 e. The maximum atomic E-state index is 9.47. The van der Waals surface area contributed by atoms with E-state index in [1.807, 2.05) is 25.2 Å². The van der Waals surface area contributed by atoms with Gasteiger partial charge in [-0.1, -0.05) is 18.2 Å². The van der Waals surface area contributed by atoms with Crippen LogP contribution in [-0.4, -0.2) is 30.1 Å². The molecule has 1 aromatic carbocycles. The number of para-hydroxylation sites is 1. The van der Waals surface area contributed by atoms with Gasteiger partial charge in [-0.15, -0.1) is 0 Å². The molecule has 0 heterocycles. The van der Waals surface area contributed by atoms with E-state index in [1.54, 1.807) is 6.07 Å². The molecule has 13 heavy (non-hydrogen) atoms. The maximum absolute atomic E-state index is 9.47. The molecule has 0 saturated carbocycles. The molecule has 72 valence electrons. The molecule has 0 aromatic heterocycles. The number of hydrogen-bond donors (Lipinski definition) is 2. The van der Waals surface area contributed by atoms with Gasteiger partial charge in [0.1, 0.15) is 5.75 Å². The first kappa shape index (κ1) is 10.0. The molecule has 3 N–H and O–H groups in total. The Kier molecular flexibility index (Phi) is 3.73. The van der Waals surface area contributed by atoms with Crippen molar-refractivity contribution in [3.8, 4) is 5.75 Å². The van der Waals surface area contributed by atoms with E-state index in [0.717, 1.165) is 18.7 Å². The quantitative estimate of drug-likeness (QED) is 0.720. The van der Waals surface area contributed by atoms with Gasteiger partial charge in [-0.2, -0.15) is 0 Å². The Morgan fingerprint density at radius 2 is 2.08 bits per heavy atom. The number of aromatic hydroxyl groups is 1. The zero-order chi connectivity index (χ0) is 9.68. The van der Waals surface area contributed by atoms with Gasteiger partial charge >= 0.3 is 0 Å². The Bertz CT molecular complexity index is 263. The Balaban J connectivity index is 2.58. The molecule has 0 fully saturated rings. The third-order valence-corrected chi connectivity index (χ3v) is 1.94. The van der Waals surface area contributed by atoms with Gasteiger partial charge in [0, 0.05) is 25.2 Å². The molecule has 0 saturated heterocycles. The van der Waals surface area contributed by atoms with E-state index in [-0.39, 0.29) is 0 Å². The Morgan fingerprint density at radius 1 is 1.38 bits per heavy atom. The lowest BCUT2D eigenvalue weighted by atomic mass is 10.2. The van der Waals surface area contributed by atoms with Crippen LogP contribution in [-0.2, 0) is 6.54 Å². The molecule has 0 atom stereocenters. The first-order valence-corrected chi connectivity index (χ1v) is 4.39. The van der Waals surface area contributed by atoms with Gasteiger partial charge in [0.2, 0.25) is 0 Å². The summed E-state index contributed by atoms with van der Waals surface area (Å²) in [6.07, 6.45) is 0. The number of rotatable bonds is 4. The topological polar surface area (TPSA) is 49.5 Å². The number of phenolic OH excluding ortho intramolecular Hbond substituents is 1.